The number of carbonyl (C=O) groups is 1. The van der Waals surface area contributed by atoms with Crippen molar-refractivity contribution in [3.05, 3.63) is 60.3 Å². The Morgan fingerprint density at radius 3 is 2.61 bits per heavy atom. The number of esters is 1. The molecule has 2 aromatic carbocycles. The van der Waals surface area contributed by atoms with Crippen molar-refractivity contribution in [3.8, 4) is 11.1 Å². The number of hydrogen-bond donors (Lipinski definition) is 1. The maximum atomic E-state index is 11.9. The monoisotopic (exact) mass is 307 g/mol. The lowest BCUT2D eigenvalue weighted by Crippen LogP contribution is -2.17. The van der Waals surface area contributed by atoms with Crippen molar-refractivity contribution in [2.24, 2.45) is 5.92 Å². The third-order valence-corrected chi connectivity index (χ3v) is 4.38. The quantitative estimate of drug-likeness (QED) is 0.701. The van der Waals surface area contributed by atoms with Gasteiger partial charge in [0.15, 0.2) is 0 Å². The second kappa shape index (κ2) is 6.69. The van der Waals surface area contributed by atoms with Gasteiger partial charge >= 0.3 is 5.97 Å². The number of fused-ring (bicyclic) bond motifs is 1. The van der Waals surface area contributed by atoms with Gasteiger partial charge in [-0.3, -0.25) is 4.79 Å². The van der Waals surface area contributed by atoms with Crippen molar-refractivity contribution >= 4 is 16.9 Å². The molecule has 0 saturated carbocycles. The van der Waals surface area contributed by atoms with Crippen LogP contribution in [0.1, 0.15) is 18.9 Å². The molecule has 23 heavy (non-hydrogen) atoms. The average molecular weight is 307 g/mol. The van der Waals surface area contributed by atoms with Crippen LogP contribution in [-0.2, 0) is 16.0 Å². The molecular formula is C20H21NO2. The van der Waals surface area contributed by atoms with E-state index < -0.39 is 0 Å². The zero-order valence-corrected chi connectivity index (χ0v) is 13.5. The summed E-state index contributed by atoms with van der Waals surface area (Å²) in [5, 5.41) is 1.17. The lowest BCUT2D eigenvalue weighted by molar-refractivity contribution is -0.145. The van der Waals surface area contributed by atoms with Gasteiger partial charge in [-0.1, -0.05) is 55.5 Å². The van der Waals surface area contributed by atoms with Gasteiger partial charge in [-0.15, -0.1) is 0 Å². The predicted octanol–water partition coefficient (Wildman–Crippen LogP) is 4.58. The fraction of sp³-hybridized carbons (Fsp3) is 0.250. The molecule has 0 unspecified atom stereocenters. The van der Waals surface area contributed by atoms with Crippen LogP contribution in [0.2, 0.25) is 0 Å². The summed E-state index contributed by atoms with van der Waals surface area (Å²) < 4.78 is 4.91. The van der Waals surface area contributed by atoms with Crippen LogP contribution in [0.15, 0.2) is 54.7 Å². The number of hydrogen-bond acceptors (Lipinski definition) is 2. The van der Waals surface area contributed by atoms with Gasteiger partial charge < -0.3 is 9.72 Å². The van der Waals surface area contributed by atoms with Crippen LogP contribution in [0.25, 0.3) is 22.0 Å². The minimum Gasteiger partial charge on any atom is -0.469 e. The number of aromatic nitrogens is 1. The zero-order chi connectivity index (χ0) is 16.2. The SMILES string of the molecule is CC[C@@H](Cc1c[nH]c2c(-c3ccccc3)cccc12)C(=O)OC. The lowest BCUT2D eigenvalue weighted by Gasteiger charge is -2.11. The van der Waals surface area contributed by atoms with E-state index in [1.165, 1.54) is 23.6 Å². The highest BCUT2D eigenvalue weighted by Gasteiger charge is 2.19. The fourth-order valence-corrected chi connectivity index (χ4v) is 3.07. The standard InChI is InChI=1S/C20H21NO2/c1-3-14(20(22)23-2)12-16-13-21-19-17(10-7-11-18(16)19)15-8-5-4-6-9-15/h4-11,13-14,21H,3,12H2,1-2H3/t14-/m0/s1. The van der Waals surface area contributed by atoms with E-state index in [0.717, 1.165) is 17.5 Å². The first kappa shape index (κ1) is 15.3. The largest absolute Gasteiger partial charge is 0.469 e. The Bertz CT molecular complexity index is 805. The van der Waals surface area contributed by atoms with E-state index in [1.807, 2.05) is 31.3 Å². The molecule has 0 aliphatic rings. The van der Waals surface area contributed by atoms with Gasteiger partial charge in [-0.05, 0) is 24.0 Å². The van der Waals surface area contributed by atoms with Crippen molar-refractivity contribution < 1.29 is 9.53 Å². The second-order valence-electron chi connectivity index (χ2n) is 5.74. The molecule has 0 aliphatic carbocycles. The summed E-state index contributed by atoms with van der Waals surface area (Å²) in [5.74, 6) is -0.236. The average Bonchev–Trinajstić information content (AvgIpc) is 3.02. The molecule has 1 heterocycles. The molecule has 3 heteroatoms. The van der Waals surface area contributed by atoms with E-state index in [0.29, 0.717) is 6.42 Å². The Kier molecular flexibility index (Phi) is 4.47. The first-order valence-electron chi connectivity index (χ1n) is 7.96. The molecule has 3 aromatic rings. The highest BCUT2D eigenvalue weighted by molar-refractivity contribution is 5.96. The van der Waals surface area contributed by atoms with Crippen LogP contribution in [-0.4, -0.2) is 18.1 Å². The fourth-order valence-electron chi connectivity index (χ4n) is 3.07. The Morgan fingerprint density at radius 2 is 1.91 bits per heavy atom. The van der Waals surface area contributed by atoms with Crippen molar-refractivity contribution in [3.63, 3.8) is 0 Å². The molecule has 1 N–H and O–H groups in total. The topological polar surface area (TPSA) is 42.1 Å². The molecule has 0 saturated heterocycles. The van der Waals surface area contributed by atoms with Crippen molar-refractivity contribution in [2.45, 2.75) is 19.8 Å². The minimum atomic E-state index is -0.138. The highest BCUT2D eigenvalue weighted by atomic mass is 16.5. The number of ether oxygens (including phenoxy) is 1. The van der Waals surface area contributed by atoms with E-state index >= 15 is 0 Å². The van der Waals surface area contributed by atoms with Crippen LogP contribution in [0.4, 0.5) is 0 Å². The molecule has 3 nitrogen and oxygen atoms in total. The smallest absolute Gasteiger partial charge is 0.308 e. The first-order chi connectivity index (χ1) is 11.2. The third-order valence-electron chi connectivity index (χ3n) is 4.38. The van der Waals surface area contributed by atoms with Crippen molar-refractivity contribution in [1.29, 1.82) is 0 Å². The predicted molar refractivity (Wildman–Crippen MR) is 93.2 cm³/mol. The number of methoxy groups -OCH3 is 1. The van der Waals surface area contributed by atoms with E-state index in [2.05, 4.69) is 35.3 Å². The Hall–Kier alpha value is -2.55. The van der Waals surface area contributed by atoms with Gasteiger partial charge in [-0.2, -0.15) is 0 Å². The van der Waals surface area contributed by atoms with Gasteiger partial charge in [0, 0.05) is 17.1 Å². The van der Waals surface area contributed by atoms with Crippen molar-refractivity contribution in [2.75, 3.05) is 7.11 Å². The van der Waals surface area contributed by atoms with Crippen LogP contribution in [0, 0.1) is 5.92 Å². The zero-order valence-electron chi connectivity index (χ0n) is 13.5. The summed E-state index contributed by atoms with van der Waals surface area (Å²) in [6.07, 6.45) is 3.49. The van der Waals surface area contributed by atoms with Gasteiger partial charge in [-0.25, -0.2) is 0 Å². The van der Waals surface area contributed by atoms with E-state index in [-0.39, 0.29) is 11.9 Å². The number of nitrogens with one attached hydrogen (secondary N) is 1. The molecule has 3 rings (SSSR count). The van der Waals surface area contributed by atoms with Crippen LogP contribution in [0.3, 0.4) is 0 Å². The molecule has 0 radical (unpaired) electrons. The lowest BCUT2D eigenvalue weighted by atomic mass is 9.95. The van der Waals surface area contributed by atoms with Crippen LogP contribution >= 0.6 is 0 Å². The Labute approximate surface area is 136 Å². The number of carbonyl (C=O) groups excluding carboxylic acids is 1. The van der Waals surface area contributed by atoms with Crippen molar-refractivity contribution in [1.82, 2.24) is 4.98 Å². The summed E-state index contributed by atoms with van der Waals surface area (Å²) in [6.45, 7) is 2.02. The molecule has 0 fully saturated rings. The number of benzene rings is 2. The van der Waals surface area contributed by atoms with Crippen LogP contribution < -0.4 is 0 Å². The third kappa shape index (κ3) is 3.00. The Balaban J connectivity index is 2.00. The normalized spacial score (nSPS) is 12.3. The van der Waals surface area contributed by atoms with Gasteiger partial charge in [0.25, 0.3) is 0 Å². The molecular weight excluding hydrogens is 286 g/mol. The van der Waals surface area contributed by atoms with Gasteiger partial charge in [0.05, 0.1) is 18.5 Å². The van der Waals surface area contributed by atoms with Gasteiger partial charge in [0.2, 0.25) is 0 Å². The number of para-hydroxylation sites is 1. The van der Waals surface area contributed by atoms with E-state index in [9.17, 15) is 4.79 Å². The minimum absolute atomic E-state index is 0.0978. The molecule has 0 spiro atoms. The molecule has 1 aromatic heterocycles. The molecule has 118 valence electrons. The van der Waals surface area contributed by atoms with Crippen LogP contribution in [0.5, 0.6) is 0 Å². The number of rotatable bonds is 5. The van der Waals surface area contributed by atoms with Gasteiger partial charge in [0.1, 0.15) is 0 Å². The van der Waals surface area contributed by atoms with E-state index in [1.54, 1.807) is 0 Å². The summed E-state index contributed by atoms with van der Waals surface area (Å²) in [5.41, 5.74) is 4.65. The molecule has 0 amide bonds. The molecule has 1 atom stereocenters. The van der Waals surface area contributed by atoms with E-state index in [4.69, 9.17) is 4.74 Å². The maximum Gasteiger partial charge on any atom is 0.308 e. The molecule has 0 bridgehead atoms. The second-order valence-corrected chi connectivity index (χ2v) is 5.74. The number of aromatic amines is 1. The highest BCUT2D eigenvalue weighted by Crippen LogP contribution is 2.31. The number of H-pyrrole nitrogens is 1. The first-order valence-corrected chi connectivity index (χ1v) is 7.96. The molecule has 0 aliphatic heterocycles. The Morgan fingerprint density at radius 1 is 1.13 bits per heavy atom. The maximum absolute atomic E-state index is 11.9. The summed E-state index contributed by atoms with van der Waals surface area (Å²) in [6, 6.07) is 16.6. The summed E-state index contributed by atoms with van der Waals surface area (Å²) in [4.78, 5) is 15.3. The summed E-state index contributed by atoms with van der Waals surface area (Å²) in [7, 11) is 1.45. The summed E-state index contributed by atoms with van der Waals surface area (Å²) >= 11 is 0.